The molecule has 1 amide bonds. The molecule has 0 radical (unpaired) electrons. The maximum atomic E-state index is 11.1. The van der Waals surface area contributed by atoms with Gasteiger partial charge in [-0.05, 0) is 6.92 Å². The molecular formula is C8H15NO4. The van der Waals surface area contributed by atoms with Crippen LogP contribution in [0.4, 0.5) is 0 Å². The maximum absolute atomic E-state index is 11.1. The minimum absolute atomic E-state index is 0.276. The highest BCUT2D eigenvalue weighted by Crippen LogP contribution is 1.94. The first-order valence-corrected chi connectivity index (χ1v) is 4.05. The van der Waals surface area contributed by atoms with Gasteiger partial charge in [0.25, 0.3) is 0 Å². The zero-order chi connectivity index (χ0) is 10.4. The molecule has 0 aliphatic carbocycles. The highest BCUT2D eigenvalue weighted by Gasteiger charge is 2.19. The van der Waals surface area contributed by atoms with Crippen LogP contribution in [-0.2, 0) is 9.59 Å². The standard InChI is InChI=1S/C8H15NO4/c1-5(3-10)8(13)9-7(4-11)6(2)12/h5,7,10-11H,3-4H2,1-2H3,(H,9,13)/t5-,7-/m0/s1. The van der Waals surface area contributed by atoms with E-state index in [0.29, 0.717) is 0 Å². The number of amides is 1. The van der Waals surface area contributed by atoms with Gasteiger partial charge in [0.1, 0.15) is 6.04 Å². The number of hydrogen-bond donors (Lipinski definition) is 3. The van der Waals surface area contributed by atoms with Gasteiger partial charge in [-0.25, -0.2) is 0 Å². The summed E-state index contributed by atoms with van der Waals surface area (Å²) in [5.74, 6) is -1.30. The van der Waals surface area contributed by atoms with E-state index >= 15 is 0 Å². The summed E-state index contributed by atoms with van der Waals surface area (Å²) >= 11 is 0. The summed E-state index contributed by atoms with van der Waals surface area (Å²) in [5, 5.41) is 19.6. The number of Topliss-reactive ketones (excluding diaryl/α,β-unsaturated/α-hetero) is 1. The molecule has 0 heterocycles. The van der Waals surface area contributed by atoms with Crippen LogP contribution in [0.3, 0.4) is 0 Å². The van der Waals surface area contributed by atoms with E-state index in [9.17, 15) is 9.59 Å². The van der Waals surface area contributed by atoms with Crippen molar-refractivity contribution >= 4 is 11.7 Å². The summed E-state index contributed by atoms with van der Waals surface area (Å²) in [4.78, 5) is 21.9. The lowest BCUT2D eigenvalue weighted by Gasteiger charge is -2.15. The molecule has 76 valence electrons. The lowest BCUT2D eigenvalue weighted by molar-refractivity contribution is -0.130. The highest BCUT2D eigenvalue weighted by atomic mass is 16.3. The van der Waals surface area contributed by atoms with Crippen molar-refractivity contribution in [1.82, 2.24) is 5.32 Å². The number of aliphatic hydroxyl groups is 2. The van der Waals surface area contributed by atoms with Gasteiger partial charge in [-0.3, -0.25) is 9.59 Å². The van der Waals surface area contributed by atoms with Crippen LogP contribution in [-0.4, -0.2) is 41.2 Å². The number of carbonyl (C=O) groups is 2. The molecule has 0 aliphatic rings. The lowest BCUT2D eigenvalue weighted by Crippen LogP contribution is -2.45. The fraction of sp³-hybridized carbons (Fsp3) is 0.750. The SMILES string of the molecule is CC(=O)[C@H](CO)NC(=O)[C@@H](C)CO. The molecule has 2 atom stereocenters. The van der Waals surface area contributed by atoms with Crippen molar-refractivity contribution in [2.24, 2.45) is 5.92 Å². The van der Waals surface area contributed by atoms with Gasteiger partial charge in [0.05, 0.1) is 19.1 Å². The van der Waals surface area contributed by atoms with Gasteiger partial charge in [0.2, 0.25) is 5.91 Å². The van der Waals surface area contributed by atoms with Gasteiger partial charge >= 0.3 is 0 Å². The third-order valence-corrected chi connectivity index (χ3v) is 1.71. The Morgan fingerprint density at radius 2 is 1.85 bits per heavy atom. The molecule has 0 unspecified atom stereocenters. The van der Waals surface area contributed by atoms with Crippen LogP contribution in [0, 0.1) is 5.92 Å². The highest BCUT2D eigenvalue weighted by molar-refractivity contribution is 5.88. The molecule has 0 aromatic heterocycles. The van der Waals surface area contributed by atoms with Gasteiger partial charge < -0.3 is 15.5 Å². The first kappa shape index (κ1) is 12.1. The van der Waals surface area contributed by atoms with Gasteiger partial charge in [0, 0.05) is 0 Å². The molecule has 5 heteroatoms. The molecule has 0 rings (SSSR count). The summed E-state index contributed by atoms with van der Waals surface area (Å²) in [7, 11) is 0. The van der Waals surface area contributed by atoms with E-state index in [1.165, 1.54) is 13.8 Å². The number of aliphatic hydroxyl groups excluding tert-OH is 2. The first-order chi connectivity index (χ1) is 6.02. The van der Waals surface area contributed by atoms with Crippen LogP contribution in [0.25, 0.3) is 0 Å². The summed E-state index contributed by atoms with van der Waals surface area (Å²) in [5.41, 5.74) is 0. The molecule has 3 N–H and O–H groups in total. The van der Waals surface area contributed by atoms with Crippen molar-refractivity contribution in [3.05, 3.63) is 0 Å². The third-order valence-electron chi connectivity index (χ3n) is 1.71. The van der Waals surface area contributed by atoms with Crippen LogP contribution in [0.2, 0.25) is 0 Å². The summed E-state index contributed by atoms with van der Waals surface area (Å²) in [6.45, 7) is 2.12. The molecule has 0 spiro atoms. The van der Waals surface area contributed by atoms with Crippen LogP contribution in [0.5, 0.6) is 0 Å². The van der Waals surface area contributed by atoms with Crippen molar-refractivity contribution in [3.8, 4) is 0 Å². The van der Waals surface area contributed by atoms with E-state index in [1.807, 2.05) is 0 Å². The second kappa shape index (κ2) is 5.66. The Labute approximate surface area is 76.8 Å². The maximum Gasteiger partial charge on any atom is 0.225 e. The van der Waals surface area contributed by atoms with E-state index in [2.05, 4.69) is 5.32 Å². The quantitative estimate of drug-likeness (QED) is 0.500. The summed E-state index contributed by atoms with van der Waals surface area (Å²) < 4.78 is 0. The molecule has 0 saturated carbocycles. The number of ketones is 1. The molecular weight excluding hydrogens is 174 g/mol. The van der Waals surface area contributed by atoms with Crippen LogP contribution in [0.15, 0.2) is 0 Å². The van der Waals surface area contributed by atoms with Crippen LogP contribution in [0.1, 0.15) is 13.8 Å². The van der Waals surface area contributed by atoms with Gasteiger partial charge in [-0.15, -0.1) is 0 Å². The average Bonchev–Trinajstić information content (AvgIpc) is 2.11. The molecule has 5 nitrogen and oxygen atoms in total. The molecule has 0 saturated heterocycles. The molecule has 0 aliphatic heterocycles. The number of nitrogens with one attached hydrogen (secondary N) is 1. The average molecular weight is 189 g/mol. The smallest absolute Gasteiger partial charge is 0.225 e. The Bertz CT molecular complexity index is 193. The molecule has 0 fully saturated rings. The van der Waals surface area contributed by atoms with Crippen LogP contribution >= 0.6 is 0 Å². The summed E-state index contributed by atoms with van der Waals surface area (Å²) in [6.07, 6.45) is 0. The Hall–Kier alpha value is -0.940. The monoisotopic (exact) mass is 189 g/mol. The molecule has 0 bridgehead atoms. The Balaban J connectivity index is 4.09. The Morgan fingerprint density at radius 3 is 2.15 bits per heavy atom. The Kier molecular flexibility index (Phi) is 5.25. The predicted molar refractivity (Wildman–Crippen MR) is 45.9 cm³/mol. The van der Waals surface area contributed by atoms with Crippen molar-refractivity contribution in [2.45, 2.75) is 19.9 Å². The lowest BCUT2D eigenvalue weighted by atomic mass is 10.1. The van der Waals surface area contributed by atoms with Gasteiger partial charge in [-0.2, -0.15) is 0 Å². The zero-order valence-corrected chi connectivity index (χ0v) is 7.78. The molecule has 13 heavy (non-hydrogen) atoms. The minimum Gasteiger partial charge on any atom is -0.396 e. The zero-order valence-electron chi connectivity index (χ0n) is 7.78. The van der Waals surface area contributed by atoms with E-state index < -0.39 is 24.5 Å². The van der Waals surface area contributed by atoms with Crippen molar-refractivity contribution < 1.29 is 19.8 Å². The van der Waals surface area contributed by atoms with E-state index in [1.54, 1.807) is 0 Å². The second-order valence-electron chi connectivity index (χ2n) is 2.94. The van der Waals surface area contributed by atoms with E-state index in [0.717, 1.165) is 0 Å². The number of carbonyl (C=O) groups excluding carboxylic acids is 2. The predicted octanol–water partition coefficient (Wildman–Crippen LogP) is -1.32. The van der Waals surface area contributed by atoms with Gasteiger partial charge in [0.15, 0.2) is 5.78 Å². The largest absolute Gasteiger partial charge is 0.396 e. The van der Waals surface area contributed by atoms with Crippen LogP contribution < -0.4 is 5.32 Å². The van der Waals surface area contributed by atoms with Crippen molar-refractivity contribution in [2.75, 3.05) is 13.2 Å². The van der Waals surface area contributed by atoms with Crippen molar-refractivity contribution in [3.63, 3.8) is 0 Å². The topological polar surface area (TPSA) is 86.6 Å². The van der Waals surface area contributed by atoms with E-state index in [-0.39, 0.29) is 12.4 Å². The minimum atomic E-state index is -0.860. The molecule has 0 aromatic rings. The summed E-state index contributed by atoms with van der Waals surface area (Å²) in [6, 6.07) is -0.860. The number of rotatable bonds is 5. The fourth-order valence-corrected chi connectivity index (χ4v) is 0.673. The van der Waals surface area contributed by atoms with Crippen molar-refractivity contribution in [1.29, 1.82) is 0 Å². The Morgan fingerprint density at radius 1 is 1.31 bits per heavy atom. The normalized spacial score (nSPS) is 14.8. The molecule has 0 aromatic carbocycles. The fourth-order valence-electron chi connectivity index (χ4n) is 0.673. The number of hydrogen-bond acceptors (Lipinski definition) is 4. The van der Waals surface area contributed by atoms with Gasteiger partial charge in [-0.1, -0.05) is 6.92 Å². The van der Waals surface area contributed by atoms with E-state index in [4.69, 9.17) is 10.2 Å². The third kappa shape index (κ3) is 4.00. The first-order valence-electron chi connectivity index (χ1n) is 4.05. The second-order valence-corrected chi connectivity index (χ2v) is 2.94.